The maximum absolute atomic E-state index is 4.66. The van der Waals surface area contributed by atoms with Gasteiger partial charge in [0.2, 0.25) is 0 Å². The van der Waals surface area contributed by atoms with Crippen molar-refractivity contribution < 1.29 is 0 Å². The minimum atomic E-state index is 0.149. The predicted molar refractivity (Wildman–Crippen MR) is 58.3 cm³/mol. The van der Waals surface area contributed by atoms with E-state index in [1.807, 2.05) is 6.34 Å². The molecular formula is C11H22N2. The summed E-state index contributed by atoms with van der Waals surface area (Å²) in [4.78, 5) is 4.66. The molecule has 1 N–H and O–H groups in total. The van der Waals surface area contributed by atoms with Gasteiger partial charge in [0.05, 0.1) is 17.4 Å². The standard InChI is InChI=1S/C11H22N2/c1-5-10(6-2)11(7-3,8-4)13-9-12-10/h9H,5-8H2,1-4H3,(H,12,13). The third-order valence-electron chi connectivity index (χ3n) is 3.92. The van der Waals surface area contributed by atoms with Crippen molar-refractivity contribution >= 4 is 6.34 Å². The second-order valence-electron chi connectivity index (χ2n) is 3.93. The summed E-state index contributed by atoms with van der Waals surface area (Å²) in [6, 6.07) is 0. The molecule has 0 amide bonds. The van der Waals surface area contributed by atoms with E-state index in [1.165, 1.54) is 0 Å². The lowest BCUT2D eigenvalue weighted by molar-refractivity contribution is 0.190. The Morgan fingerprint density at radius 3 is 1.85 bits per heavy atom. The van der Waals surface area contributed by atoms with Crippen LogP contribution in [-0.4, -0.2) is 17.4 Å². The third-order valence-corrected chi connectivity index (χ3v) is 3.92. The summed E-state index contributed by atoms with van der Waals surface area (Å²) in [5.41, 5.74) is 0.368. The fraction of sp³-hybridized carbons (Fsp3) is 0.909. The normalized spacial score (nSPS) is 23.1. The topological polar surface area (TPSA) is 24.4 Å². The largest absolute Gasteiger partial charge is 0.369 e. The molecule has 76 valence electrons. The molecule has 0 aliphatic carbocycles. The molecule has 1 aliphatic rings. The Labute approximate surface area is 81.8 Å². The zero-order valence-corrected chi connectivity index (χ0v) is 9.35. The van der Waals surface area contributed by atoms with Gasteiger partial charge in [-0.15, -0.1) is 0 Å². The highest BCUT2D eigenvalue weighted by atomic mass is 15.2. The van der Waals surface area contributed by atoms with E-state index < -0.39 is 0 Å². The lowest BCUT2D eigenvalue weighted by Crippen LogP contribution is -2.56. The van der Waals surface area contributed by atoms with Gasteiger partial charge in [-0.1, -0.05) is 27.7 Å². The van der Waals surface area contributed by atoms with Crippen LogP contribution >= 0.6 is 0 Å². The summed E-state index contributed by atoms with van der Waals surface area (Å²) in [5, 5.41) is 3.47. The number of hydrogen-bond acceptors (Lipinski definition) is 2. The highest BCUT2D eigenvalue weighted by Gasteiger charge is 2.48. The Balaban J connectivity index is 2.98. The Bertz CT molecular complexity index is 188. The molecule has 0 unspecified atom stereocenters. The Kier molecular flexibility index (Phi) is 2.99. The van der Waals surface area contributed by atoms with E-state index in [1.54, 1.807) is 0 Å². The molecule has 1 heterocycles. The van der Waals surface area contributed by atoms with Crippen LogP contribution in [0.4, 0.5) is 0 Å². The summed E-state index contributed by atoms with van der Waals surface area (Å²) >= 11 is 0. The highest BCUT2D eigenvalue weighted by molar-refractivity contribution is 5.61. The minimum absolute atomic E-state index is 0.149. The van der Waals surface area contributed by atoms with Crippen LogP contribution in [0, 0.1) is 0 Å². The van der Waals surface area contributed by atoms with Crippen molar-refractivity contribution in [3.63, 3.8) is 0 Å². The van der Waals surface area contributed by atoms with E-state index in [0.29, 0.717) is 0 Å². The average Bonchev–Trinajstić information content (AvgIpc) is 2.57. The summed E-state index contributed by atoms with van der Waals surface area (Å²) < 4.78 is 0. The zero-order valence-electron chi connectivity index (χ0n) is 9.35. The van der Waals surface area contributed by atoms with E-state index in [0.717, 1.165) is 25.7 Å². The maximum atomic E-state index is 4.66. The van der Waals surface area contributed by atoms with Gasteiger partial charge < -0.3 is 5.32 Å². The van der Waals surface area contributed by atoms with Crippen molar-refractivity contribution in [1.82, 2.24) is 5.32 Å². The van der Waals surface area contributed by atoms with Gasteiger partial charge in [0.15, 0.2) is 0 Å². The molecule has 0 bridgehead atoms. The van der Waals surface area contributed by atoms with Gasteiger partial charge in [0, 0.05) is 0 Å². The van der Waals surface area contributed by atoms with Crippen molar-refractivity contribution in [2.24, 2.45) is 4.99 Å². The summed E-state index contributed by atoms with van der Waals surface area (Å²) in [7, 11) is 0. The molecular weight excluding hydrogens is 160 g/mol. The average molecular weight is 182 g/mol. The Morgan fingerprint density at radius 1 is 1.00 bits per heavy atom. The van der Waals surface area contributed by atoms with Gasteiger partial charge in [-0.05, 0) is 25.7 Å². The first-order chi connectivity index (χ1) is 6.20. The van der Waals surface area contributed by atoms with Crippen molar-refractivity contribution in [3.8, 4) is 0 Å². The molecule has 0 spiro atoms. The third kappa shape index (κ3) is 1.27. The summed E-state index contributed by atoms with van der Waals surface area (Å²) in [6.07, 6.45) is 6.50. The van der Waals surface area contributed by atoms with Crippen LogP contribution in [0.15, 0.2) is 4.99 Å². The van der Waals surface area contributed by atoms with Crippen molar-refractivity contribution in [1.29, 1.82) is 0 Å². The van der Waals surface area contributed by atoms with Crippen LogP contribution in [0.5, 0.6) is 0 Å². The lowest BCUT2D eigenvalue weighted by atomic mass is 9.71. The van der Waals surface area contributed by atoms with Crippen LogP contribution in [0.25, 0.3) is 0 Å². The second-order valence-corrected chi connectivity index (χ2v) is 3.93. The van der Waals surface area contributed by atoms with Gasteiger partial charge in [0.25, 0.3) is 0 Å². The van der Waals surface area contributed by atoms with Crippen LogP contribution < -0.4 is 5.32 Å². The first-order valence-electron chi connectivity index (χ1n) is 5.51. The minimum Gasteiger partial charge on any atom is -0.369 e. The van der Waals surface area contributed by atoms with Gasteiger partial charge in [0.1, 0.15) is 0 Å². The molecule has 0 aromatic rings. The summed E-state index contributed by atoms with van der Waals surface area (Å²) in [5.74, 6) is 0. The van der Waals surface area contributed by atoms with Crippen molar-refractivity contribution in [2.45, 2.75) is 64.5 Å². The Morgan fingerprint density at radius 2 is 1.54 bits per heavy atom. The lowest BCUT2D eigenvalue weighted by Gasteiger charge is -2.42. The molecule has 2 nitrogen and oxygen atoms in total. The highest BCUT2D eigenvalue weighted by Crippen LogP contribution is 2.40. The van der Waals surface area contributed by atoms with E-state index in [9.17, 15) is 0 Å². The van der Waals surface area contributed by atoms with E-state index >= 15 is 0 Å². The molecule has 0 saturated heterocycles. The summed E-state index contributed by atoms with van der Waals surface area (Å²) in [6.45, 7) is 9.00. The van der Waals surface area contributed by atoms with E-state index in [4.69, 9.17) is 0 Å². The number of nitrogens with one attached hydrogen (secondary N) is 1. The molecule has 0 saturated carbocycles. The molecule has 0 atom stereocenters. The SMILES string of the molecule is CCC1(CC)N=CNC1(CC)CC. The number of nitrogens with zero attached hydrogens (tertiary/aromatic N) is 1. The zero-order chi connectivity index (χ0) is 9.95. The molecule has 0 aromatic heterocycles. The maximum Gasteiger partial charge on any atom is 0.0848 e. The van der Waals surface area contributed by atoms with Crippen LogP contribution in [0.1, 0.15) is 53.4 Å². The second kappa shape index (κ2) is 3.69. The van der Waals surface area contributed by atoms with Crippen LogP contribution in [0.3, 0.4) is 0 Å². The molecule has 0 radical (unpaired) electrons. The molecule has 2 heteroatoms. The molecule has 1 rings (SSSR count). The van der Waals surface area contributed by atoms with Gasteiger partial charge >= 0.3 is 0 Å². The van der Waals surface area contributed by atoms with Crippen LogP contribution in [0.2, 0.25) is 0 Å². The van der Waals surface area contributed by atoms with E-state index in [-0.39, 0.29) is 11.1 Å². The first kappa shape index (κ1) is 10.6. The van der Waals surface area contributed by atoms with Gasteiger partial charge in [-0.25, -0.2) is 0 Å². The van der Waals surface area contributed by atoms with E-state index in [2.05, 4.69) is 38.0 Å². The number of hydrogen-bond donors (Lipinski definition) is 1. The molecule has 0 fully saturated rings. The number of aliphatic imine (C=N–C) groups is 1. The number of rotatable bonds is 4. The molecule has 13 heavy (non-hydrogen) atoms. The Hall–Kier alpha value is -0.530. The quantitative estimate of drug-likeness (QED) is 0.710. The predicted octanol–water partition coefficient (Wildman–Crippen LogP) is 2.74. The fourth-order valence-corrected chi connectivity index (χ4v) is 2.76. The first-order valence-corrected chi connectivity index (χ1v) is 5.51. The monoisotopic (exact) mass is 182 g/mol. The smallest absolute Gasteiger partial charge is 0.0848 e. The molecule has 0 aromatic carbocycles. The fourth-order valence-electron chi connectivity index (χ4n) is 2.76. The van der Waals surface area contributed by atoms with Gasteiger partial charge in [-0.2, -0.15) is 0 Å². The van der Waals surface area contributed by atoms with Crippen molar-refractivity contribution in [3.05, 3.63) is 0 Å². The molecule has 1 aliphatic heterocycles. The van der Waals surface area contributed by atoms with Crippen molar-refractivity contribution in [2.75, 3.05) is 0 Å². The van der Waals surface area contributed by atoms with Crippen LogP contribution in [-0.2, 0) is 0 Å². The van der Waals surface area contributed by atoms with Gasteiger partial charge in [-0.3, -0.25) is 4.99 Å².